The average Bonchev–Trinajstić information content (AvgIpc) is 2.95. The molecule has 0 amide bonds. The number of allylic oxidation sites excluding steroid dienone is 2. The zero-order chi connectivity index (χ0) is 13.2. The molecule has 1 saturated carbocycles. The fourth-order valence-electron chi connectivity index (χ4n) is 2.26. The van der Waals surface area contributed by atoms with Crippen molar-refractivity contribution in [3.05, 3.63) is 23.8 Å². The Kier molecular flexibility index (Phi) is 3.76. The minimum atomic E-state index is -1.17. The molecule has 2 N–H and O–H groups in total. The van der Waals surface area contributed by atoms with E-state index in [2.05, 4.69) is 6.58 Å². The third-order valence-electron chi connectivity index (χ3n) is 3.38. The van der Waals surface area contributed by atoms with Gasteiger partial charge in [0.2, 0.25) is 0 Å². The van der Waals surface area contributed by atoms with Crippen molar-refractivity contribution in [2.24, 2.45) is 11.3 Å². The molecule has 17 heavy (non-hydrogen) atoms. The highest BCUT2D eigenvalue weighted by atomic mass is 16.4. The Morgan fingerprint density at radius 1 is 1.41 bits per heavy atom. The first kappa shape index (κ1) is 13.5. The number of aliphatic carboxylic acids is 2. The monoisotopic (exact) mass is 238 g/mol. The second-order valence-corrected chi connectivity index (χ2v) is 4.64. The Hall–Kier alpha value is -1.58. The predicted molar refractivity (Wildman–Crippen MR) is 63.6 cm³/mol. The summed E-state index contributed by atoms with van der Waals surface area (Å²) >= 11 is 0. The number of rotatable bonds is 6. The van der Waals surface area contributed by atoms with Crippen LogP contribution in [0.25, 0.3) is 0 Å². The Morgan fingerprint density at radius 3 is 2.29 bits per heavy atom. The fourth-order valence-corrected chi connectivity index (χ4v) is 2.26. The zero-order valence-electron chi connectivity index (χ0n) is 10.2. The van der Waals surface area contributed by atoms with Crippen LogP contribution in [-0.2, 0) is 9.59 Å². The summed E-state index contributed by atoms with van der Waals surface area (Å²) in [6.45, 7) is 7.41. The van der Waals surface area contributed by atoms with Gasteiger partial charge in [-0.3, -0.25) is 9.59 Å². The summed E-state index contributed by atoms with van der Waals surface area (Å²) in [6.07, 6.45) is 3.20. The van der Waals surface area contributed by atoms with Crippen molar-refractivity contribution in [1.82, 2.24) is 0 Å². The van der Waals surface area contributed by atoms with Crippen molar-refractivity contribution in [2.45, 2.75) is 33.1 Å². The van der Waals surface area contributed by atoms with Crippen LogP contribution >= 0.6 is 0 Å². The number of hydrogen-bond donors (Lipinski definition) is 2. The van der Waals surface area contributed by atoms with E-state index < -0.39 is 23.3 Å². The molecule has 1 aliphatic carbocycles. The topological polar surface area (TPSA) is 74.6 Å². The minimum Gasteiger partial charge on any atom is -0.481 e. The first-order valence-electron chi connectivity index (χ1n) is 5.62. The van der Waals surface area contributed by atoms with E-state index in [9.17, 15) is 14.7 Å². The summed E-state index contributed by atoms with van der Waals surface area (Å²) in [5.74, 6) is -2.84. The van der Waals surface area contributed by atoms with Crippen molar-refractivity contribution in [1.29, 1.82) is 0 Å². The largest absolute Gasteiger partial charge is 0.481 e. The lowest BCUT2D eigenvalue weighted by Crippen LogP contribution is -2.23. The number of carbonyl (C=O) groups is 2. The number of carboxylic acids is 2. The van der Waals surface area contributed by atoms with Gasteiger partial charge < -0.3 is 10.2 Å². The summed E-state index contributed by atoms with van der Waals surface area (Å²) in [6, 6.07) is 0. The van der Waals surface area contributed by atoms with Gasteiger partial charge in [-0.2, -0.15) is 0 Å². The normalized spacial score (nSPS) is 27.6. The second-order valence-electron chi connectivity index (χ2n) is 4.64. The summed E-state index contributed by atoms with van der Waals surface area (Å²) in [4.78, 5) is 22.2. The quantitative estimate of drug-likeness (QED) is 0.697. The SMILES string of the molecule is C=C(C)CC/C(=C\C)[C@@]1(C(=O)O)CC1C(=O)O. The molecule has 2 atom stereocenters. The molecule has 1 rings (SSSR count). The maximum Gasteiger partial charge on any atom is 0.314 e. The van der Waals surface area contributed by atoms with Crippen LogP contribution in [0.4, 0.5) is 0 Å². The Bertz CT molecular complexity index is 394. The van der Waals surface area contributed by atoms with E-state index in [1.54, 1.807) is 13.0 Å². The van der Waals surface area contributed by atoms with Crippen molar-refractivity contribution < 1.29 is 19.8 Å². The van der Waals surface area contributed by atoms with Crippen LogP contribution in [0.5, 0.6) is 0 Å². The third kappa shape index (κ3) is 2.40. The molecule has 1 unspecified atom stereocenters. The number of hydrogen-bond acceptors (Lipinski definition) is 2. The maximum atomic E-state index is 11.3. The molecule has 4 nitrogen and oxygen atoms in total. The molecular formula is C13H18O4. The first-order chi connectivity index (χ1) is 7.86. The van der Waals surface area contributed by atoms with Crippen molar-refractivity contribution >= 4 is 11.9 Å². The summed E-state index contributed by atoms with van der Waals surface area (Å²) < 4.78 is 0. The van der Waals surface area contributed by atoms with Crippen LogP contribution in [0, 0.1) is 11.3 Å². The van der Waals surface area contributed by atoms with E-state index in [0.717, 1.165) is 5.57 Å². The van der Waals surface area contributed by atoms with Gasteiger partial charge in [0.15, 0.2) is 0 Å². The van der Waals surface area contributed by atoms with E-state index in [1.807, 2.05) is 6.92 Å². The van der Waals surface area contributed by atoms with Crippen molar-refractivity contribution in [3.8, 4) is 0 Å². The zero-order valence-corrected chi connectivity index (χ0v) is 10.2. The molecule has 0 aromatic carbocycles. The molecule has 0 aliphatic heterocycles. The van der Waals surface area contributed by atoms with Gasteiger partial charge in [-0.15, -0.1) is 6.58 Å². The average molecular weight is 238 g/mol. The highest BCUT2D eigenvalue weighted by molar-refractivity contribution is 5.92. The summed E-state index contributed by atoms with van der Waals surface area (Å²) in [5.41, 5.74) is 0.508. The van der Waals surface area contributed by atoms with E-state index in [-0.39, 0.29) is 6.42 Å². The first-order valence-corrected chi connectivity index (χ1v) is 5.62. The van der Waals surface area contributed by atoms with Crippen LogP contribution in [0.2, 0.25) is 0 Å². The second kappa shape index (κ2) is 4.73. The van der Waals surface area contributed by atoms with Gasteiger partial charge in [-0.05, 0) is 33.1 Å². The van der Waals surface area contributed by atoms with Gasteiger partial charge in [-0.25, -0.2) is 0 Å². The van der Waals surface area contributed by atoms with Crippen LogP contribution in [0.3, 0.4) is 0 Å². The molecule has 0 aromatic heterocycles. The Balaban J connectivity index is 2.89. The Morgan fingerprint density at radius 2 is 2.00 bits per heavy atom. The predicted octanol–water partition coefficient (Wildman–Crippen LogP) is 2.46. The van der Waals surface area contributed by atoms with Crippen LogP contribution < -0.4 is 0 Å². The molecule has 1 fully saturated rings. The molecule has 1 aliphatic rings. The summed E-state index contributed by atoms with van der Waals surface area (Å²) in [5, 5.41) is 18.2. The lowest BCUT2D eigenvalue weighted by Gasteiger charge is -2.16. The van der Waals surface area contributed by atoms with E-state index >= 15 is 0 Å². The van der Waals surface area contributed by atoms with Gasteiger partial charge in [0, 0.05) is 0 Å². The standard InChI is InChI=1S/C13H18O4/c1-4-9(6-5-8(2)3)13(12(16)17)7-10(13)11(14)15/h4,10H,2,5-7H2,1,3H3,(H,14,15)(H,16,17)/b9-4+/t10?,13-/m0/s1. The van der Waals surface area contributed by atoms with Gasteiger partial charge in [0.1, 0.15) is 5.41 Å². The number of carboxylic acid groups (broad SMARTS) is 2. The van der Waals surface area contributed by atoms with E-state index in [0.29, 0.717) is 18.4 Å². The smallest absolute Gasteiger partial charge is 0.314 e. The molecule has 94 valence electrons. The van der Waals surface area contributed by atoms with Gasteiger partial charge in [0.05, 0.1) is 5.92 Å². The van der Waals surface area contributed by atoms with Gasteiger partial charge in [0.25, 0.3) is 0 Å². The molecular weight excluding hydrogens is 220 g/mol. The Labute approximate surface area is 101 Å². The van der Waals surface area contributed by atoms with Gasteiger partial charge in [-0.1, -0.05) is 17.2 Å². The van der Waals surface area contributed by atoms with Crippen LogP contribution in [0.1, 0.15) is 33.1 Å². The summed E-state index contributed by atoms with van der Waals surface area (Å²) in [7, 11) is 0. The van der Waals surface area contributed by atoms with Gasteiger partial charge >= 0.3 is 11.9 Å². The highest BCUT2D eigenvalue weighted by Gasteiger charge is 2.66. The van der Waals surface area contributed by atoms with Crippen molar-refractivity contribution in [3.63, 3.8) is 0 Å². The highest BCUT2D eigenvalue weighted by Crippen LogP contribution is 2.59. The molecule has 0 aromatic rings. The third-order valence-corrected chi connectivity index (χ3v) is 3.38. The lowest BCUT2D eigenvalue weighted by molar-refractivity contribution is -0.147. The molecule has 4 heteroatoms. The molecule has 0 radical (unpaired) electrons. The molecule has 0 heterocycles. The maximum absolute atomic E-state index is 11.3. The molecule has 0 bridgehead atoms. The molecule has 0 saturated heterocycles. The van der Waals surface area contributed by atoms with E-state index in [1.165, 1.54) is 0 Å². The molecule has 0 spiro atoms. The van der Waals surface area contributed by atoms with Crippen molar-refractivity contribution in [2.75, 3.05) is 0 Å². The van der Waals surface area contributed by atoms with Crippen LogP contribution in [0.15, 0.2) is 23.8 Å². The minimum absolute atomic E-state index is 0.202. The van der Waals surface area contributed by atoms with E-state index in [4.69, 9.17) is 5.11 Å². The fraction of sp³-hybridized carbons (Fsp3) is 0.538. The lowest BCUT2D eigenvalue weighted by atomic mass is 9.88. The van der Waals surface area contributed by atoms with Crippen LogP contribution in [-0.4, -0.2) is 22.2 Å².